The predicted molar refractivity (Wildman–Crippen MR) is 42.4 cm³/mol. The van der Waals surface area contributed by atoms with Crippen molar-refractivity contribution in [1.29, 1.82) is 0 Å². The van der Waals surface area contributed by atoms with Crippen LogP contribution in [0.5, 0.6) is 0 Å². The topological polar surface area (TPSA) is 45.8 Å². The molecule has 2 radical (unpaired) electrons. The molecule has 0 amide bonds. The molecule has 76 valence electrons. The van der Waals surface area contributed by atoms with Crippen LogP contribution in [-0.2, 0) is 44.8 Å². The van der Waals surface area contributed by atoms with E-state index in [1.165, 1.54) is 0 Å². The number of fused-ring (bicyclic) bond motifs is 1. The maximum absolute atomic E-state index is 11.1. The van der Waals surface area contributed by atoms with Crippen LogP contribution in [0.4, 0.5) is 0 Å². The Bertz CT molecular complexity index is 436. The van der Waals surface area contributed by atoms with Gasteiger partial charge in [0.1, 0.15) is 0 Å². The van der Waals surface area contributed by atoms with Gasteiger partial charge in [-0.3, -0.25) is 4.79 Å². The summed E-state index contributed by atoms with van der Waals surface area (Å²) in [5.41, 5.74) is -0.136. The fourth-order valence-corrected chi connectivity index (χ4v) is 1.04. The summed E-state index contributed by atoms with van der Waals surface area (Å²) in [6.45, 7) is 0. The molecule has 1 aromatic heterocycles. The van der Waals surface area contributed by atoms with Crippen molar-refractivity contribution in [1.82, 2.24) is 10.2 Å². The molecule has 2 rings (SSSR count). The van der Waals surface area contributed by atoms with E-state index in [4.69, 9.17) is 0 Å². The molecule has 0 spiro atoms. The van der Waals surface area contributed by atoms with Crippen LogP contribution in [-0.4, -0.2) is 10.2 Å². The number of aromatic amines is 1. The number of rotatable bonds is 0. The Kier molecular flexibility index (Phi) is 5.48. The fraction of sp³-hybridized carbons (Fsp3) is 0. The second kappa shape index (κ2) is 5.55. The largest absolute Gasteiger partial charge is 0.272 e. The SMILES string of the molecule is O=c1[nH]ncc2ccccc12.[Ag].[Ag]. The van der Waals surface area contributed by atoms with Crippen LogP contribution in [0.15, 0.2) is 35.3 Å². The minimum atomic E-state index is -0.136. The van der Waals surface area contributed by atoms with Gasteiger partial charge in [0.2, 0.25) is 0 Å². The van der Waals surface area contributed by atoms with E-state index in [9.17, 15) is 4.79 Å². The van der Waals surface area contributed by atoms with Gasteiger partial charge in [0.15, 0.2) is 0 Å². The van der Waals surface area contributed by atoms with Gasteiger partial charge in [0, 0.05) is 55.5 Å². The van der Waals surface area contributed by atoms with E-state index < -0.39 is 0 Å². The zero-order chi connectivity index (χ0) is 7.68. The van der Waals surface area contributed by atoms with Gasteiger partial charge in [-0.25, -0.2) is 5.10 Å². The molecule has 13 heavy (non-hydrogen) atoms. The van der Waals surface area contributed by atoms with Crippen molar-refractivity contribution in [2.24, 2.45) is 0 Å². The Balaban J connectivity index is 0.000000720. The monoisotopic (exact) mass is 360 g/mol. The van der Waals surface area contributed by atoms with E-state index in [0.29, 0.717) is 5.39 Å². The molecule has 0 aliphatic heterocycles. The number of benzene rings is 1. The third-order valence-electron chi connectivity index (χ3n) is 1.58. The molecule has 0 fully saturated rings. The summed E-state index contributed by atoms with van der Waals surface area (Å²) in [4.78, 5) is 11.1. The van der Waals surface area contributed by atoms with Crippen LogP contribution >= 0.6 is 0 Å². The van der Waals surface area contributed by atoms with E-state index in [0.717, 1.165) is 5.39 Å². The van der Waals surface area contributed by atoms with E-state index in [-0.39, 0.29) is 50.3 Å². The predicted octanol–water partition coefficient (Wildman–Crippen LogP) is 0.918. The van der Waals surface area contributed by atoms with Crippen LogP contribution < -0.4 is 5.56 Å². The Labute approximate surface area is 106 Å². The molecule has 0 aliphatic rings. The maximum atomic E-state index is 11.1. The summed E-state index contributed by atoms with van der Waals surface area (Å²) >= 11 is 0. The summed E-state index contributed by atoms with van der Waals surface area (Å²) in [5, 5.41) is 7.60. The Hall–Kier alpha value is -0.159. The first-order valence-electron chi connectivity index (χ1n) is 3.30. The summed E-state index contributed by atoms with van der Waals surface area (Å²) in [7, 11) is 0. The standard InChI is InChI=1S/C8H6N2O.2Ag/c11-8-7-4-2-1-3-6(7)5-9-10-8;;/h1-5H,(H,10,11);;. The summed E-state index contributed by atoms with van der Waals surface area (Å²) in [5.74, 6) is 0. The zero-order valence-electron chi connectivity index (χ0n) is 6.35. The van der Waals surface area contributed by atoms with Crippen LogP contribution in [0.25, 0.3) is 10.8 Å². The van der Waals surface area contributed by atoms with Crippen molar-refractivity contribution in [3.8, 4) is 0 Å². The van der Waals surface area contributed by atoms with Crippen molar-refractivity contribution in [2.75, 3.05) is 0 Å². The number of hydrogen-bond donors (Lipinski definition) is 1. The molecular formula is C8H6Ag2N2O. The summed E-state index contributed by atoms with van der Waals surface area (Å²) in [6, 6.07) is 7.34. The van der Waals surface area contributed by atoms with Gasteiger partial charge >= 0.3 is 0 Å². The van der Waals surface area contributed by atoms with E-state index in [1.54, 1.807) is 12.3 Å². The first-order chi connectivity index (χ1) is 5.38. The minimum absolute atomic E-state index is 0. The smallest absolute Gasteiger partial charge is 0.267 e. The molecule has 2 aromatic rings. The third-order valence-corrected chi connectivity index (χ3v) is 1.58. The quantitative estimate of drug-likeness (QED) is 0.709. The average Bonchev–Trinajstić information content (AvgIpc) is 2.06. The van der Waals surface area contributed by atoms with Gasteiger partial charge in [0.05, 0.1) is 6.20 Å². The van der Waals surface area contributed by atoms with Gasteiger partial charge in [-0.2, -0.15) is 5.10 Å². The van der Waals surface area contributed by atoms with Gasteiger partial charge in [-0.15, -0.1) is 0 Å². The first kappa shape index (κ1) is 12.8. The van der Waals surface area contributed by atoms with Crippen LogP contribution in [0.1, 0.15) is 0 Å². The second-order valence-corrected chi connectivity index (χ2v) is 2.29. The van der Waals surface area contributed by atoms with E-state index in [2.05, 4.69) is 10.2 Å². The van der Waals surface area contributed by atoms with Crippen LogP contribution in [0.2, 0.25) is 0 Å². The van der Waals surface area contributed by atoms with E-state index in [1.807, 2.05) is 18.2 Å². The maximum Gasteiger partial charge on any atom is 0.272 e. The molecule has 0 saturated heterocycles. The molecule has 0 aliphatic carbocycles. The first-order valence-corrected chi connectivity index (χ1v) is 3.30. The normalized spacial score (nSPS) is 8.62. The van der Waals surface area contributed by atoms with E-state index >= 15 is 0 Å². The molecule has 0 unspecified atom stereocenters. The van der Waals surface area contributed by atoms with Crippen molar-refractivity contribution in [3.63, 3.8) is 0 Å². The number of nitrogens with one attached hydrogen (secondary N) is 1. The minimum Gasteiger partial charge on any atom is -0.267 e. The zero-order valence-corrected chi connectivity index (χ0v) is 9.31. The van der Waals surface area contributed by atoms with Gasteiger partial charge in [-0.1, -0.05) is 18.2 Å². The third kappa shape index (κ3) is 2.64. The molecule has 0 saturated carbocycles. The number of hydrogen-bond acceptors (Lipinski definition) is 2. The fourth-order valence-electron chi connectivity index (χ4n) is 1.04. The van der Waals surface area contributed by atoms with Gasteiger partial charge < -0.3 is 0 Å². The number of aromatic nitrogens is 2. The summed E-state index contributed by atoms with van der Waals surface area (Å²) in [6.07, 6.45) is 1.64. The second-order valence-electron chi connectivity index (χ2n) is 2.29. The number of H-pyrrole nitrogens is 1. The Morgan fingerprint density at radius 2 is 1.85 bits per heavy atom. The molecule has 0 atom stereocenters. The molecule has 5 heteroatoms. The Morgan fingerprint density at radius 3 is 2.54 bits per heavy atom. The Morgan fingerprint density at radius 1 is 1.15 bits per heavy atom. The molecule has 1 N–H and O–H groups in total. The molecule has 0 bridgehead atoms. The van der Waals surface area contributed by atoms with Crippen molar-refractivity contribution < 1.29 is 44.8 Å². The number of nitrogens with zero attached hydrogens (tertiary/aromatic N) is 1. The molecule has 1 heterocycles. The van der Waals surface area contributed by atoms with Crippen molar-refractivity contribution in [2.45, 2.75) is 0 Å². The molecule has 3 nitrogen and oxygen atoms in total. The average molecular weight is 362 g/mol. The van der Waals surface area contributed by atoms with Crippen LogP contribution in [0, 0.1) is 0 Å². The van der Waals surface area contributed by atoms with Gasteiger partial charge in [-0.05, 0) is 6.07 Å². The summed E-state index contributed by atoms with van der Waals surface area (Å²) < 4.78 is 0. The van der Waals surface area contributed by atoms with Gasteiger partial charge in [0.25, 0.3) is 5.56 Å². The molecule has 1 aromatic carbocycles. The van der Waals surface area contributed by atoms with Crippen molar-refractivity contribution >= 4 is 10.8 Å². The van der Waals surface area contributed by atoms with Crippen LogP contribution in [0.3, 0.4) is 0 Å². The van der Waals surface area contributed by atoms with Crippen molar-refractivity contribution in [3.05, 3.63) is 40.8 Å². The molecular weight excluding hydrogens is 356 g/mol.